The topological polar surface area (TPSA) is 79.6 Å². The molecule has 0 saturated heterocycles. The second-order valence-electron chi connectivity index (χ2n) is 4.43. The van der Waals surface area contributed by atoms with Gasteiger partial charge in [-0.1, -0.05) is 12.1 Å². The molecule has 0 aliphatic carbocycles. The van der Waals surface area contributed by atoms with Crippen molar-refractivity contribution < 1.29 is 4.92 Å². The van der Waals surface area contributed by atoms with E-state index in [4.69, 9.17) is 0 Å². The standard InChI is InChI=1S/C14H22N4O2S2.HI/c1-21-9-7-15-14(16-8-10-22-2)17-11-12-3-5-13(6-4-12)18(19)20;/h3-6H,7-11H2,1-2H3,(H2,15,16,17);1H. The molecule has 0 aromatic heterocycles. The fourth-order valence-electron chi connectivity index (χ4n) is 1.61. The zero-order chi connectivity index (χ0) is 16.2. The number of halogens is 1. The summed E-state index contributed by atoms with van der Waals surface area (Å²) < 4.78 is 0. The molecule has 0 radical (unpaired) electrons. The van der Waals surface area contributed by atoms with Gasteiger partial charge in [-0.25, -0.2) is 4.99 Å². The number of hydrogen-bond donors (Lipinski definition) is 2. The van der Waals surface area contributed by atoms with Crippen molar-refractivity contribution in [1.82, 2.24) is 10.6 Å². The first-order valence-corrected chi connectivity index (χ1v) is 9.69. The van der Waals surface area contributed by atoms with Gasteiger partial charge in [0, 0.05) is 36.7 Å². The lowest BCUT2D eigenvalue weighted by molar-refractivity contribution is -0.384. The third kappa shape index (κ3) is 9.92. The number of benzene rings is 1. The first-order valence-electron chi connectivity index (χ1n) is 6.90. The minimum Gasteiger partial charge on any atom is -0.356 e. The number of nitro benzene ring substituents is 1. The molecule has 9 heteroatoms. The molecule has 6 nitrogen and oxygen atoms in total. The molecular weight excluding hydrogens is 447 g/mol. The predicted octanol–water partition coefficient (Wildman–Crippen LogP) is 2.97. The molecule has 1 aromatic carbocycles. The predicted molar refractivity (Wildman–Crippen MR) is 112 cm³/mol. The van der Waals surface area contributed by atoms with E-state index in [0.29, 0.717) is 6.54 Å². The lowest BCUT2D eigenvalue weighted by atomic mass is 10.2. The number of rotatable bonds is 9. The van der Waals surface area contributed by atoms with Gasteiger partial charge in [-0.2, -0.15) is 23.5 Å². The van der Waals surface area contributed by atoms with Crippen LogP contribution in [-0.4, -0.2) is 48.0 Å². The van der Waals surface area contributed by atoms with E-state index >= 15 is 0 Å². The van der Waals surface area contributed by atoms with Crippen LogP contribution in [0, 0.1) is 10.1 Å². The summed E-state index contributed by atoms with van der Waals surface area (Å²) in [7, 11) is 0. The van der Waals surface area contributed by atoms with Gasteiger partial charge in [0.25, 0.3) is 5.69 Å². The molecule has 0 spiro atoms. The Labute approximate surface area is 162 Å². The molecule has 23 heavy (non-hydrogen) atoms. The van der Waals surface area contributed by atoms with E-state index in [1.165, 1.54) is 12.1 Å². The van der Waals surface area contributed by atoms with Crippen LogP contribution in [0.1, 0.15) is 5.56 Å². The van der Waals surface area contributed by atoms with Crippen molar-refractivity contribution in [3.63, 3.8) is 0 Å². The van der Waals surface area contributed by atoms with Crippen LogP contribution in [0.5, 0.6) is 0 Å². The molecule has 0 heterocycles. The van der Waals surface area contributed by atoms with Crippen molar-refractivity contribution in [3.8, 4) is 0 Å². The van der Waals surface area contributed by atoms with Crippen LogP contribution in [0.15, 0.2) is 29.3 Å². The maximum atomic E-state index is 10.6. The first-order chi connectivity index (χ1) is 10.7. The Morgan fingerprint density at radius 2 is 1.65 bits per heavy atom. The SMILES string of the molecule is CSCCNC(=NCc1ccc([N+](=O)[O-])cc1)NCCSC.I. The normalized spacial score (nSPS) is 9.65. The van der Waals surface area contributed by atoms with Gasteiger partial charge >= 0.3 is 0 Å². The van der Waals surface area contributed by atoms with E-state index in [2.05, 4.69) is 28.1 Å². The molecule has 0 amide bonds. The van der Waals surface area contributed by atoms with Crippen molar-refractivity contribution in [3.05, 3.63) is 39.9 Å². The largest absolute Gasteiger partial charge is 0.356 e. The van der Waals surface area contributed by atoms with E-state index in [-0.39, 0.29) is 29.7 Å². The number of nitro groups is 1. The smallest absolute Gasteiger partial charge is 0.269 e. The highest BCUT2D eigenvalue weighted by molar-refractivity contribution is 14.0. The second kappa shape index (κ2) is 13.7. The van der Waals surface area contributed by atoms with Crippen molar-refractivity contribution in [2.75, 3.05) is 37.1 Å². The van der Waals surface area contributed by atoms with E-state index in [9.17, 15) is 10.1 Å². The lowest BCUT2D eigenvalue weighted by Gasteiger charge is -2.11. The highest BCUT2D eigenvalue weighted by Crippen LogP contribution is 2.12. The maximum absolute atomic E-state index is 10.6. The van der Waals surface area contributed by atoms with Gasteiger partial charge in [0.2, 0.25) is 0 Å². The lowest BCUT2D eigenvalue weighted by Crippen LogP contribution is -2.39. The molecule has 0 saturated carbocycles. The number of thioether (sulfide) groups is 2. The maximum Gasteiger partial charge on any atom is 0.269 e. The first kappa shape index (κ1) is 22.3. The number of aliphatic imine (C=N–C) groups is 1. The zero-order valence-corrected chi connectivity index (χ0v) is 17.2. The molecule has 130 valence electrons. The van der Waals surface area contributed by atoms with Crippen LogP contribution in [0.2, 0.25) is 0 Å². The van der Waals surface area contributed by atoms with Crippen LogP contribution in [-0.2, 0) is 6.54 Å². The molecule has 1 aromatic rings. The summed E-state index contributed by atoms with van der Waals surface area (Å²) in [4.78, 5) is 14.7. The number of hydrogen-bond acceptors (Lipinski definition) is 5. The minimum atomic E-state index is -0.396. The van der Waals surface area contributed by atoms with E-state index in [0.717, 1.165) is 36.1 Å². The quantitative estimate of drug-likeness (QED) is 0.144. The van der Waals surface area contributed by atoms with Gasteiger partial charge < -0.3 is 10.6 Å². The van der Waals surface area contributed by atoms with Crippen molar-refractivity contribution in [2.45, 2.75) is 6.54 Å². The average Bonchev–Trinajstić information content (AvgIpc) is 2.53. The summed E-state index contributed by atoms with van der Waals surface area (Å²) in [6, 6.07) is 6.49. The Balaban J connectivity index is 0.00000484. The van der Waals surface area contributed by atoms with Gasteiger partial charge in [-0.15, -0.1) is 24.0 Å². The molecule has 0 aliphatic heterocycles. The summed E-state index contributed by atoms with van der Waals surface area (Å²) in [5.41, 5.74) is 1.05. The average molecular weight is 470 g/mol. The van der Waals surface area contributed by atoms with Gasteiger partial charge in [0.15, 0.2) is 5.96 Å². The summed E-state index contributed by atoms with van der Waals surface area (Å²) in [6.07, 6.45) is 4.13. The third-order valence-corrected chi connectivity index (χ3v) is 3.99. The Kier molecular flexibility index (Phi) is 13.3. The van der Waals surface area contributed by atoms with Crippen molar-refractivity contribution in [2.24, 2.45) is 4.99 Å². The summed E-state index contributed by atoms with van der Waals surface area (Å²) in [5, 5.41) is 17.2. The Bertz CT molecular complexity index is 474. The van der Waals surface area contributed by atoms with Gasteiger partial charge in [-0.3, -0.25) is 10.1 Å². The van der Waals surface area contributed by atoms with Gasteiger partial charge in [0.1, 0.15) is 0 Å². The highest BCUT2D eigenvalue weighted by Gasteiger charge is 2.04. The number of non-ortho nitro benzene ring substituents is 1. The molecule has 1 rings (SSSR count). The van der Waals surface area contributed by atoms with E-state index in [1.54, 1.807) is 35.7 Å². The number of guanidine groups is 1. The summed E-state index contributed by atoms with van der Waals surface area (Å²) >= 11 is 3.55. The highest BCUT2D eigenvalue weighted by atomic mass is 127. The monoisotopic (exact) mass is 470 g/mol. The van der Waals surface area contributed by atoms with Gasteiger partial charge in [-0.05, 0) is 18.1 Å². The number of nitrogens with zero attached hydrogens (tertiary/aromatic N) is 2. The Morgan fingerprint density at radius 1 is 1.13 bits per heavy atom. The summed E-state index contributed by atoms with van der Waals surface area (Å²) in [5.74, 6) is 2.81. The second-order valence-corrected chi connectivity index (χ2v) is 6.40. The molecule has 0 fully saturated rings. The molecule has 0 unspecified atom stereocenters. The van der Waals surface area contributed by atoms with Crippen LogP contribution in [0.4, 0.5) is 5.69 Å². The Hall–Kier alpha value is -0.680. The van der Waals surface area contributed by atoms with E-state index < -0.39 is 4.92 Å². The van der Waals surface area contributed by atoms with E-state index in [1.807, 2.05) is 0 Å². The Morgan fingerprint density at radius 3 is 2.09 bits per heavy atom. The fraction of sp³-hybridized carbons (Fsp3) is 0.500. The van der Waals surface area contributed by atoms with Crippen LogP contribution in [0.3, 0.4) is 0 Å². The number of nitrogens with one attached hydrogen (secondary N) is 2. The fourth-order valence-corrected chi connectivity index (χ4v) is 2.22. The molecule has 2 N–H and O–H groups in total. The van der Waals surface area contributed by atoms with Crippen molar-refractivity contribution in [1.29, 1.82) is 0 Å². The molecule has 0 aliphatic rings. The molecule has 0 atom stereocenters. The molecular formula is C14H23IN4O2S2. The zero-order valence-electron chi connectivity index (χ0n) is 13.3. The van der Waals surface area contributed by atoms with Crippen molar-refractivity contribution >= 4 is 59.1 Å². The van der Waals surface area contributed by atoms with Crippen LogP contribution in [0.25, 0.3) is 0 Å². The van der Waals surface area contributed by atoms with Gasteiger partial charge in [0.05, 0.1) is 11.5 Å². The van der Waals surface area contributed by atoms with Crippen LogP contribution < -0.4 is 10.6 Å². The minimum absolute atomic E-state index is 0. The van der Waals surface area contributed by atoms with Crippen LogP contribution >= 0.6 is 47.5 Å². The summed E-state index contributed by atoms with van der Waals surface area (Å²) in [6.45, 7) is 2.20. The third-order valence-electron chi connectivity index (χ3n) is 2.76. The molecule has 0 bridgehead atoms.